The van der Waals surface area contributed by atoms with Gasteiger partial charge in [-0.3, -0.25) is 0 Å². The van der Waals surface area contributed by atoms with Crippen molar-refractivity contribution >= 4 is 11.6 Å². The predicted octanol–water partition coefficient (Wildman–Crippen LogP) is 2.73. The Balaban J connectivity index is 1.91. The van der Waals surface area contributed by atoms with Gasteiger partial charge in [-0.15, -0.1) is 0 Å². The van der Waals surface area contributed by atoms with Crippen molar-refractivity contribution in [3.63, 3.8) is 0 Å². The molecule has 0 heterocycles. The van der Waals surface area contributed by atoms with Crippen LogP contribution in [0.25, 0.3) is 0 Å². The molecule has 0 radical (unpaired) electrons. The van der Waals surface area contributed by atoms with E-state index >= 15 is 0 Å². The topological polar surface area (TPSA) is 32.3 Å². The maximum Gasteiger partial charge on any atom is 0.124 e. The lowest BCUT2D eigenvalue weighted by Gasteiger charge is -2.17. The molecule has 0 aromatic heterocycles. The summed E-state index contributed by atoms with van der Waals surface area (Å²) in [5.41, 5.74) is 0.900. The Morgan fingerprint density at radius 2 is 2.24 bits per heavy atom. The van der Waals surface area contributed by atoms with E-state index in [1.807, 2.05) is 0 Å². The molecule has 17 heavy (non-hydrogen) atoms. The Kier molecular flexibility index (Phi) is 4.37. The van der Waals surface area contributed by atoms with Crippen molar-refractivity contribution in [1.29, 1.82) is 0 Å². The summed E-state index contributed by atoms with van der Waals surface area (Å²) in [5.74, 6) is 0.370. The Labute approximate surface area is 106 Å². The molecular weight excluding hydrogens is 241 g/mol. The van der Waals surface area contributed by atoms with Crippen molar-refractivity contribution in [2.24, 2.45) is 5.92 Å². The second-order valence-corrected chi connectivity index (χ2v) is 4.98. The molecule has 1 aromatic carbocycles. The summed E-state index contributed by atoms with van der Waals surface area (Å²) in [5, 5.41) is 12.8. The smallest absolute Gasteiger partial charge is 0.124 e. The van der Waals surface area contributed by atoms with Crippen LogP contribution in [0.4, 0.5) is 4.39 Å². The number of rotatable bonds is 6. The molecule has 0 amide bonds. The Morgan fingerprint density at radius 3 is 2.82 bits per heavy atom. The van der Waals surface area contributed by atoms with Crippen LogP contribution < -0.4 is 5.32 Å². The Hall–Kier alpha value is -0.640. The van der Waals surface area contributed by atoms with Crippen LogP contribution in [0.5, 0.6) is 0 Å². The van der Waals surface area contributed by atoms with Crippen molar-refractivity contribution in [2.45, 2.75) is 31.8 Å². The Bertz CT molecular complexity index is 382. The third-order valence-electron chi connectivity index (χ3n) is 3.20. The van der Waals surface area contributed by atoms with Gasteiger partial charge < -0.3 is 10.4 Å². The first-order valence-electron chi connectivity index (χ1n) is 5.99. The van der Waals surface area contributed by atoms with Gasteiger partial charge in [-0.2, -0.15) is 0 Å². The fourth-order valence-electron chi connectivity index (χ4n) is 2.05. The van der Waals surface area contributed by atoms with Gasteiger partial charge in [0.2, 0.25) is 0 Å². The van der Waals surface area contributed by atoms with E-state index in [9.17, 15) is 4.39 Å². The Morgan fingerprint density at radius 1 is 1.47 bits per heavy atom. The molecule has 0 bridgehead atoms. The van der Waals surface area contributed by atoms with Crippen LogP contribution in [-0.2, 0) is 6.54 Å². The van der Waals surface area contributed by atoms with Crippen molar-refractivity contribution in [3.05, 3.63) is 34.6 Å². The molecule has 2 N–H and O–H groups in total. The van der Waals surface area contributed by atoms with Gasteiger partial charge in [-0.05, 0) is 42.9 Å². The average molecular weight is 258 g/mol. The van der Waals surface area contributed by atoms with Crippen molar-refractivity contribution in [1.82, 2.24) is 5.32 Å². The molecule has 1 atom stereocenters. The zero-order chi connectivity index (χ0) is 12.3. The maximum absolute atomic E-state index is 12.9. The molecular formula is C13H17ClFNO. The average Bonchev–Trinajstić information content (AvgIpc) is 3.10. The van der Waals surface area contributed by atoms with Crippen LogP contribution in [-0.4, -0.2) is 17.8 Å². The highest BCUT2D eigenvalue weighted by Gasteiger charge is 2.30. The number of hydrogen-bond donors (Lipinski definition) is 2. The number of halogens is 2. The van der Waals surface area contributed by atoms with Crippen molar-refractivity contribution in [2.75, 3.05) is 6.61 Å². The van der Waals surface area contributed by atoms with Gasteiger partial charge in [0.15, 0.2) is 0 Å². The largest absolute Gasteiger partial charge is 0.396 e. The van der Waals surface area contributed by atoms with Gasteiger partial charge >= 0.3 is 0 Å². The van der Waals surface area contributed by atoms with Gasteiger partial charge in [0, 0.05) is 24.2 Å². The third-order valence-corrected chi connectivity index (χ3v) is 3.55. The zero-order valence-corrected chi connectivity index (χ0v) is 10.4. The lowest BCUT2D eigenvalue weighted by molar-refractivity contribution is 0.256. The molecule has 1 saturated carbocycles. The molecule has 1 aliphatic rings. The van der Waals surface area contributed by atoms with E-state index in [0.29, 0.717) is 23.5 Å². The highest BCUT2D eigenvalue weighted by atomic mass is 35.5. The highest BCUT2D eigenvalue weighted by Crippen LogP contribution is 2.34. The summed E-state index contributed by atoms with van der Waals surface area (Å²) in [4.78, 5) is 0. The van der Waals surface area contributed by atoms with Gasteiger partial charge in [0.05, 0.1) is 0 Å². The monoisotopic (exact) mass is 257 g/mol. The summed E-state index contributed by atoms with van der Waals surface area (Å²) in [6.45, 7) is 0.825. The normalized spacial score (nSPS) is 17.1. The van der Waals surface area contributed by atoms with E-state index in [1.54, 1.807) is 6.07 Å². The number of benzene rings is 1. The third kappa shape index (κ3) is 3.66. The van der Waals surface area contributed by atoms with Gasteiger partial charge in [-0.25, -0.2) is 4.39 Å². The summed E-state index contributed by atoms with van der Waals surface area (Å²) < 4.78 is 12.9. The lowest BCUT2D eigenvalue weighted by atomic mass is 10.1. The van der Waals surface area contributed by atoms with Crippen LogP contribution in [0.2, 0.25) is 5.02 Å². The highest BCUT2D eigenvalue weighted by molar-refractivity contribution is 6.31. The molecule has 0 saturated heterocycles. The quantitative estimate of drug-likeness (QED) is 0.821. The minimum Gasteiger partial charge on any atom is -0.396 e. The van der Waals surface area contributed by atoms with Crippen LogP contribution >= 0.6 is 11.6 Å². The fourth-order valence-corrected chi connectivity index (χ4v) is 2.28. The van der Waals surface area contributed by atoms with Gasteiger partial charge in [-0.1, -0.05) is 17.7 Å². The number of nitrogens with one attached hydrogen (secondary N) is 1. The first-order valence-corrected chi connectivity index (χ1v) is 6.36. The standard InChI is InChI=1S/C13H17ClFNO/c14-12-7-11(15)4-3-10(12)8-16-13(5-6-17)9-1-2-9/h3-4,7,9,13,16-17H,1-2,5-6,8H2/t13-/m1/s1. The number of hydrogen-bond acceptors (Lipinski definition) is 2. The summed E-state index contributed by atoms with van der Waals surface area (Å²) in [7, 11) is 0. The second kappa shape index (κ2) is 5.80. The maximum atomic E-state index is 12.9. The van der Waals surface area contributed by atoms with Gasteiger partial charge in [0.1, 0.15) is 5.82 Å². The van der Waals surface area contributed by atoms with E-state index in [0.717, 1.165) is 12.0 Å². The second-order valence-electron chi connectivity index (χ2n) is 4.57. The van der Waals surface area contributed by atoms with Gasteiger partial charge in [0.25, 0.3) is 0 Å². The molecule has 0 spiro atoms. The van der Waals surface area contributed by atoms with Crippen molar-refractivity contribution in [3.8, 4) is 0 Å². The molecule has 1 aromatic rings. The molecule has 1 aliphatic carbocycles. The fraction of sp³-hybridized carbons (Fsp3) is 0.538. The SMILES string of the molecule is OCC[C@@H](NCc1ccc(F)cc1Cl)C1CC1. The molecule has 0 unspecified atom stereocenters. The van der Waals surface area contributed by atoms with Crippen LogP contribution in [0.3, 0.4) is 0 Å². The predicted molar refractivity (Wildman–Crippen MR) is 66.5 cm³/mol. The summed E-state index contributed by atoms with van der Waals surface area (Å²) >= 11 is 5.96. The summed E-state index contributed by atoms with van der Waals surface area (Å²) in [6, 6.07) is 4.80. The van der Waals surface area contributed by atoms with E-state index in [-0.39, 0.29) is 12.4 Å². The van der Waals surface area contributed by atoms with Crippen LogP contribution in [0.15, 0.2) is 18.2 Å². The van der Waals surface area contributed by atoms with Crippen LogP contribution in [0, 0.1) is 11.7 Å². The van der Waals surface area contributed by atoms with Crippen molar-refractivity contribution < 1.29 is 9.50 Å². The summed E-state index contributed by atoms with van der Waals surface area (Å²) in [6.07, 6.45) is 3.23. The minimum absolute atomic E-state index is 0.200. The van der Waals surface area contributed by atoms with E-state index < -0.39 is 0 Å². The molecule has 2 nitrogen and oxygen atoms in total. The molecule has 1 fully saturated rings. The molecule has 2 rings (SSSR count). The number of aliphatic hydroxyl groups excluding tert-OH is 1. The van der Waals surface area contributed by atoms with E-state index in [2.05, 4.69) is 5.32 Å². The number of aliphatic hydroxyl groups is 1. The molecule has 94 valence electrons. The van der Waals surface area contributed by atoms with E-state index in [1.165, 1.54) is 25.0 Å². The minimum atomic E-state index is -0.312. The first-order chi connectivity index (χ1) is 8.20. The first kappa shape index (κ1) is 12.8. The van der Waals surface area contributed by atoms with Crippen LogP contribution in [0.1, 0.15) is 24.8 Å². The lowest BCUT2D eigenvalue weighted by Crippen LogP contribution is -2.31. The molecule has 4 heteroatoms. The zero-order valence-electron chi connectivity index (χ0n) is 9.63. The molecule has 0 aliphatic heterocycles. The van der Waals surface area contributed by atoms with E-state index in [4.69, 9.17) is 16.7 Å².